The van der Waals surface area contributed by atoms with Crippen molar-refractivity contribution in [3.05, 3.63) is 35.4 Å². The largest absolute Gasteiger partial charge is 0.352 e. The molecule has 0 fully saturated rings. The lowest BCUT2D eigenvalue weighted by Crippen LogP contribution is -2.52. The summed E-state index contributed by atoms with van der Waals surface area (Å²) < 4.78 is 0. The predicted molar refractivity (Wildman–Crippen MR) is 114 cm³/mol. The summed E-state index contributed by atoms with van der Waals surface area (Å²) >= 11 is 0. The summed E-state index contributed by atoms with van der Waals surface area (Å²) in [5.74, 6) is 0.343. The Bertz CT molecular complexity index is 663. The van der Waals surface area contributed by atoms with Crippen LogP contribution in [0, 0.1) is 12.8 Å². The summed E-state index contributed by atoms with van der Waals surface area (Å²) in [7, 11) is 0. The second-order valence-corrected chi connectivity index (χ2v) is 7.64. The van der Waals surface area contributed by atoms with Crippen LogP contribution in [0.3, 0.4) is 0 Å². The Hall–Kier alpha value is -2.97. The second kappa shape index (κ2) is 12.5. The van der Waals surface area contributed by atoms with E-state index in [-0.39, 0.29) is 37.2 Å². The van der Waals surface area contributed by atoms with E-state index in [1.165, 1.54) is 0 Å². The zero-order valence-electron chi connectivity index (χ0n) is 17.7. The number of carbonyl (C=O) groups excluding carboxylic acids is 3. The molecular formula is C20H34N6O3. The van der Waals surface area contributed by atoms with Crippen LogP contribution in [0.2, 0.25) is 0 Å². The van der Waals surface area contributed by atoms with E-state index in [1.807, 2.05) is 45.0 Å². The minimum atomic E-state index is -0.645. The molecule has 7 N–H and O–H groups in total. The van der Waals surface area contributed by atoms with E-state index < -0.39 is 6.03 Å². The number of hydrogen-bond acceptors (Lipinski definition) is 3. The van der Waals surface area contributed by atoms with Gasteiger partial charge < -0.3 is 32.3 Å². The first-order valence-corrected chi connectivity index (χ1v) is 9.83. The van der Waals surface area contributed by atoms with Gasteiger partial charge in [0.05, 0.1) is 6.04 Å². The van der Waals surface area contributed by atoms with E-state index in [1.54, 1.807) is 6.92 Å². The van der Waals surface area contributed by atoms with Crippen LogP contribution in [-0.2, 0) is 6.42 Å². The molecule has 2 atom stereocenters. The van der Waals surface area contributed by atoms with Crippen molar-refractivity contribution in [2.24, 2.45) is 11.7 Å². The summed E-state index contributed by atoms with van der Waals surface area (Å²) in [5, 5.41) is 13.6. The number of amides is 6. The van der Waals surface area contributed by atoms with Gasteiger partial charge in [0, 0.05) is 25.7 Å². The van der Waals surface area contributed by atoms with Crippen LogP contribution in [0.15, 0.2) is 24.3 Å². The quantitative estimate of drug-likeness (QED) is 0.348. The van der Waals surface area contributed by atoms with Gasteiger partial charge in [-0.05, 0) is 31.7 Å². The van der Waals surface area contributed by atoms with Crippen molar-refractivity contribution >= 4 is 18.1 Å². The Balaban J connectivity index is 2.60. The lowest BCUT2D eigenvalue weighted by molar-refractivity contribution is 0.229. The van der Waals surface area contributed by atoms with Crippen molar-refractivity contribution < 1.29 is 14.4 Å². The number of aryl methyl sites for hydroxylation is 1. The smallest absolute Gasteiger partial charge is 0.315 e. The molecule has 9 heteroatoms. The SMILES string of the molecule is Cc1ccc(C[C@@H](CNC(=O)N[C@@H](C)CNC(N)=O)NC(=O)NCC(C)C)cc1. The molecule has 0 aliphatic carbocycles. The highest BCUT2D eigenvalue weighted by atomic mass is 16.2. The van der Waals surface area contributed by atoms with Gasteiger partial charge in [0.1, 0.15) is 0 Å². The molecule has 0 saturated heterocycles. The highest BCUT2D eigenvalue weighted by Crippen LogP contribution is 2.06. The predicted octanol–water partition coefficient (Wildman–Crippen LogP) is 1.22. The maximum atomic E-state index is 12.2. The van der Waals surface area contributed by atoms with Gasteiger partial charge >= 0.3 is 18.1 Å². The van der Waals surface area contributed by atoms with E-state index in [2.05, 4.69) is 26.6 Å². The molecule has 0 aromatic heterocycles. The molecule has 29 heavy (non-hydrogen) atoms. The van der Waals surface area contributed by atoms with E-state index >= 15 is 0 Å². The number of nitrogens with two attached hydrogens (primary N) is 1. The highest BCUT2D eigenvalue weighted by molar-refractivity contribution is 5.76. The third-order valence-electron chi connectivity index (χ3n) is 4.08. The zero-order valence-corrected chi connectivity index (χ0v) is 17.7. The molecule has 1 aromatic rings. The average Bonchev–Trinajstić information content (AvgIpc) is 2.64. The maximum Gasteiger partial charge on any atom is 0.315 e. The number of rotatable bonds is 10. The number of hydrogen-bond donors (Lipinski definition) is 6. The number of carbonyl (C=O) groups is 3. The fourth-order valence-corrected chi connectivity index (χ4v) is 2.51. The Labute approximate surface area is 172 Å². The number of benzene rings is 1. The van der Waals surface area contributed by atoms with Crippen molar-refractivity contribution in [1.29, 1.82) is 0 Å². The summed E-state index contributed by atoms with van der Waals surface area (Å²) in [6.07, 6.45) is 0.578. The second-order valence-electron chi connectivity index (χ2n) is 7.64. The normalized spacial score (nSPS) is 12.6. The molecule has 0 radical (unpaired) electrons. The Morgan fingerprint density at radius 3 is 2.03 bits per heavy atom. The van der Waals surface area contributed by atoms with Gasteiger partial charge in [-0.2, -0.15) is 0 Å². The van der Waals surface area contributed by atoms with E-state index in [9.17, 15) is 14.4 Å². The van der Waals surface area contributed by atoms with Gasteiger partial charge in [-0.25, -0.2) is 14.4 Å². The topological polar surface area (TPSA) is 137 Å². The first-order valence-electron chi connectivity index (χ1n) is 9.83. The van der Waals surface area contributed by atoms with Gasteiger partial charge in [-0.3, -0.25) is 0 Å². The summed E-state index contributed by atoms with van der Waals surface area (Å²) in [6, 6.07) is 6.17. The molecule has 0 aliphatic heterocycles. The first kappa shape index (κ1) is 24.1. The molecular weight excluding hydrogens is 372 g/mol. The fourth-order valence-electron chi connectivity index (χ4n) is 2.51. The molecule has 9 nitrogen and oxygen atoms in total. The third kappa shape index (κ3) is 11.5. The van der Waals surface area contributed by atoms with Gasteiger partial charge in [0.25, 0.3) is 0 Å². The van der Waals surface area contributed by atoms with Crippen LogP contribution < -0.4 is 32.3 Å². The molecule has 0 heterocycles. The molecule has 0 spiro atoms. The average molecular weight is 407 g/mol. The molecule has 162 valence electrons. The molecule has 1 aromatic carbocycles. The first-order chi connectivity index (χ1) is 13.7. The van der Waals surface area contributed by atoms with Crippen molar-refractivity contribution in [3.8, 4) is 0 Å². The van der Waals surface area contributed by atoms with Gasteiger partial charge in [0.15, 0.2) is 0 Å². The van der Waals surface area contributed by atoms with Crippen LogP contribution in [-0.4, -0.2) is 49.8 Å². The summed E-state index contributed by atoms with van der Waals surface area (Å²) in [6.45, 7) is 8.85. The molecule has 0 saturated carbocycles. The van der Waals surface area contributed by atoms with Crippen molar-refractivity contribution in [2.45, 2.75) is 46.2 Å². The maximum absolute atomic E-state index is 12.2. The van der Waals surface area contributed by atoms with Crippen LogP contribution >= 0.6 is 0 Å². The lowest BCUT2D eigenvalue weighted by Gasteiger charge is -2.21. The summed E-state index contributed by atoms with van der Waals surface area (Å²) in [4.78, 5) is 35.0. The molecule has 0 unspecified atom stereocenters. The van der Waals surface area contributed by atoms with Gasteiger partial charge in [0.2, 0.25) is 0 Å². The van der Waals surface area contributed by atoms with Crippen LogP contribution in [0.4, 0.5) is 14.4 Å². The van der Waals surface area contributed by atoms with Crippen molar-refractivity contribution in [3.63, 3.8) is 0 Å². The van der Waals surface area contributed by atoms with Crippen molar-refractivity contribution in [1.82, 2.24) is 26.6 Å². The van der Waals surface area contributed by atoms with Gasteiger partial charge in [-0.1, -0.05) is 43.7 Å². The Morgan fingerprint density at radius 1 is 0.862 bits per heavy atom. The third-order valence-corrected chi connectivity index (χ3v) is 4.08. The van der Waals surface area contributed by atoms with Gasteiger partial charge in [-0.15, -0.1) is 0 Å². The van der Waals surface area contributed by atoms with E-state index in [0.29, 0.717) is 18.9 Å². The number of primary amides is 1. The zero-order chi connectivity index (χ0) is 21.8. The molecule has 0 bridgehead atoms. The van der Waals surface area contributed by atoms with Crippen LogP contribution in [0.25, 0.3) is 0 Å². The minimum absolute atomic E-state index is 0.228. The minimum Gasteiger partial charge on any atom is -0.352 e. The molecule has 1 rings (SSSR count). The number of nitrogens with one attached hydrogen (secondary N) is 5. The Morgan fingerprint density at radius 2 is 1.45 bits per heavy atom. The van der Waals surface area contributed by atoms with Crippen molar-refractivity contribution in [2.75, 3.05) is 19.6 Å². The molecule has 0 aliphatic rings. The van der Waals surface area contributed by atoms with E-state index in [0.717, 1.165) is 11.1 Å². The van der Waals surface area contributed by atoms with Crippen LogP contribution in [0.1, 0.15) is 31.9 Å². The molecule has 6 amide bonds. The van der Waals surface area contributed by atoms with Crippen LogP contribution in [0.5, 0.6) is 0 Å². The highest BCUT2D eigenvalue weighted by Gasteiger charge is 2.15. The number of urea groups is 3. The summed E-state index contributed by atoms with van der Waals surface area (Å²) in [5.41, 5.74) is 7.24. The fraction of sp³-hybridized carbons (Fsp3) is 0.550. The lowest BCUT2D eigenvalue weighted by atomic mass is 10.0. The monoisotopic (exact) mass is 406 g/mol. The van der Waals surface area contributed by atoms with E-state index in [4.69, 9.17) is 5.73 Å². The standard InChI is InChI=1S/C20H34N6O3/c1-13(2)10-23-20(29)26-17(9-16-7-5-14(3)6-8-16)12-24-19(28)25-15(4)11-22-18(21)27/h5-8,13,15,17H,9-12H2,1-4H3,(H3,21,22,27)(H2,23,26,29)(H2,24,25,28)/t15-,17-/m0/s1. The Kier molecular flexibility index (Phi) is 10.4.